The van der Waals surface area contributed by atoms with Gasteiger partial charge >= 0.3 is 12.0 Å². The van der Waals surface area contributed by atoms with Crippen LogP contribution < -0.4 is 20.7 Å². The van der Waals surface area contributed by atoms with Crippen LogP contribution in [0, 0.1) is 6.92 Å². The number of urea groups is 1. The predicted molar refractivity (Wildman–Crippen MR) is 143 cm³/mol. The van der Waals surface area contributed by atoms with Gasteiger partial charge in [0.05, 0.1) is 13.0 Å². The van der Waals surface area contributed by atoms with Gasteiger partial charge in [-0.05, 0) is 54.8 Å². The van der Waals surface area contributed by atoms with Crippen LogP contribution in [-0.4, -0.2) is 29.6 Å². The number of para-hydroxylation sites is 1. The first-order chi connectivity index (χ1) is 17.4. The van der Waals surface area contributed by atoms with Crippen LogP contribution in [0.1, 0.15) is 37.8 Å². The van der Waals surface area contributed by atoms with Crippen LogP contribution in [0.3, 0.4) is 0 Å². The lowest BCUT2D eigenvalue weighted by Gasteiger charge is -2.11. The summed E-state index contributed by atoms with van der Waals surface area (Å²) in [6, 6.07) is 21.2. The zero-order valence-electron chi connectivity index (χ0n) is 20.8. The molecule has 0 spiro atoms. The Kier molecular flexibility index (Phi) is 11.5. The molecule has 3 rings (SSSR count). The number of benzene rings is 3. The number of amides is 3. The Balaban J connectivity index is 0.00000222. The zero-order valence-corrected chi connectivity index (χ0v) is 20.8. The highest BCUT2D eigenvalue weighted by molar-refractivity contribution is 6.00. The molecule has 0 aliphatic heterocycles. The molecule has 0 heterocycles. The molecule has 0 aromatic heterocycles. The standard InChI is InChI=1S/C26H27N3O5.C2H6/c1-18-6-2-3-9-23(18)29-26(33)28-20-13-11-19(12-14-20)16-24(30)27-21-7-4-8-22(17-21)34-15-5-10-25(31)32;1-2/h2-4,6-9,11-14,17H,5,10,15-16H2,1H3,(H,27,30)(H,31,32)(H2,28,29,33);1-2H3. The van der Waals surface area contributed by atoms with Crippen molar-refractivity contribution in [3.8, 4) is 5.75 Å². The third-order valence-corrected chi connectivity index (χ3v) is 4.89. The van der Waals surface area contributed by atoms with E-state index in [-0.39, 0.29) is 31.4 Å². The molecule has 0 aliphatic rings. The molecule has 0 unspecified atom stereocenters. The largest absolute Gasteiger partial charge is 0.494 e. The molecule has 4 N–H and O–H groups in total. The summed E-state index contributed by atoms with van der Waals surface area (Å²) in [5.41, 5.74) is 3.70. The van der Waals surface area contributed by atoms with E-state index in [9.17, 15) is 14.4 Å². The van der Waals surface area contributed by atoms with Gasteiger partial charge < -0.3 is 25.8 Å². The average Bonchev–Trinajstić information content (AvgIpc) is 2.86. The van der Waals surface area contributed by atoms with Crippen molar-refractivity contribution < 1.29 is 24.2 Å². The molecule has 0 aliphatic carbocycles. The number of carboxylic acid groups (broad SMARTS) is 1. The highest BCUT2D eigenvalue weighted by atomic mass is 16.5. The highest BCUT2D eigenvalue weighted by Crippen LogP contribution is 2.19. The van der Waals surface area contributed by atoms with Crippen LogP contribution in [0.2, 0.25) is 0 Å². The Morgan fingerprint density at radius 3 is 2.25 bits per heavy atom. The van der Waals surface area contributed by atoms with Gasteiger partial charge in [-0.15, -0.1) is 0 Å². The van der Waals surface area contributed by atoms with E-state index in [1.165, 1.54) is 0 Å². The van der Waals surface area contributed by atoms with Crippen molar-refractivity contribution in [2.75, 3.05) is 22.6 Å². The molecule has 0 bridgehead atoms. The molecule has 8 nitrogen and oxygen atoms in total. The summed E-state index contributed by atoms with van der Waals surface area (Å²) in [6.07, 6.45) is 0.617. The van der Waals surface area contributed by atoms with Gasteiger partial charge in [0.2, 0.25) is 5.91 Å². The monoisotopic (exact) mass is 491 g/mol. The minimum Gasteiger partial charge on any atom is -0.494 e. The summed E-state index contributed by atoms with van der Waals surface area (Å²) in [4.78, 5) is 35.2. The molecule has 0 radical (unpaired) electrons. The summed E-state index contributed by atoms with van der Waals surface area (Å²) in [7, 11) is 0. The number of aryl methyl sites for hydroxylation is 1. The van der Waals surface area contributed by atoms with Gasteiger partial charge in [-0.3, -0.25) is 9.59 Å². The van der Waals surface area contributed by atoms with Crippen molar-refractivity contribution in [3.63, 3.8) is 0 Å². The Morgan fingerprint density at radius 2 is 1.56 bits per heavy atom. The average molecular weight is 492 g/mol. The van der Waals surface area contributed by atoms with Crippen LogP contribution in [0.4, 0.5) is 21.9 Å². The number of nitrogens with one attached hydrogen (secondary N) is 3. The summed E-state index contributed by atoms with van der Waals surface area (Å²) in [6.45, 7) is 6.20. The van der Waals surface area contributed by atoms with Crippen molar-refractivity contribution in [3.05, 3.63) is 83.9 Å². The van der Waals surface area contributed by atoms with Crippen molar-refractivity contribution in [2.45, 2.75) is 40.0 Å². The number of carbonyl (C=O) groups is 3. The minimum absolute atomic E-state index is 0.0438. The van der Waals surface area contributed by atoms with Gasteiger partial charge in [0.25, 0.3) is 0 Å². The molecule has 36 heavy (non-hydrogen) atoms. The number of carbonyl (C=O) groups excluding carboxylic acids is 2. The molecule has 0 atom stereocenters. The molecule has 0 fully saturated rings. The number of hydrogen-bond acceptors (Lipinski definition) is 4. The second-order valence-corrected chi connectivity index (χ2v) is 7.69. The fourth-order valence-corrected chi connectivity index (χ4v) is 3.17. The summed E-state index contributed by atoms with van der Waals surface area (Å²) in [5.74, 6) is -0.498. The van der Waals surface area contributed by atoms with Gasteiger partial charge in [-0.2, -0.15) is 0 Å². The summed E-state index contributed by atoms with van der Waals surface area (Å²) in [5, 5.41) is 17.1. The number of carboxylic acids is 1. The molecular formula is C28H33N3O5. The van der Waals surface area contributed by atoms with Crippen molar-refractivity contribution >= 4 is 35.0 Å². The quantitative estimate of drug-likeness (QED) is 0.256. The Morgan fingerprint density at radius 1 is 0.833 bits per heavy atom. The first-order valence-corrected chi connectivity index (χ1v) is 11.9. The lowest BCUT2D eigenvalue weighted by Crippen LogP contribution is -2.20. The number of aliphatic carboxylic acids is 1. The number of ether oxygens (including phenoxy) is 1. The molecule has 3 aromatic rings. The topological polar surface area (TPSA) is 117 Å². The molecule has 0 saturated carbocycles. The first kappa shape index (κ1) is 27.9. The van der Waals surface area contributed by atoms with Crippen LogP contribution >= 0.6 is 0 Å². The molecule has 8 heteroatoms. The maximum atomic E-state index is 12.4. The van der Waals surface area contributed by atoms with Crippen LogP contribution in [-0.2, 0) is 16.0 Å². The summed E-state index contributed by atoms with van der Waals surface area (Å²) >= 11 is 0. The Hall–Kier alpha value is -4.33. The SMILES string of the molecule is CC.Cc1ccccc1NC(=O)Nc1ccc(CC(=O)Nc2cccc(OCCCC(=O)O)c2)cc1. The smallest absolute Gasteiger partial charge is 0.323 e. The van der Waals surface area contributed by atoms with E-state index in [4.69, 9.17) is 9.84 Å². The third kappa shape index (κ3) is 9.89. The van der Waals surface area contributed by atoms with Crippen molar-refractivity contribution in [1.29, 1.82) is 0 Å². The van der Waals surface area contributed by atoms with E-state index in [1.807, 2.05) is 45.0 Å². The number of anilines is 3. The second-order valence-electron chi connectivity index (χ2n) is 7.69. The van der Waals surface area contributed by atoms with Crippen LogP contribution in [0.15, 0.2) is 72.8 Å². The van der Waals surface area contributed by atoms with Gasteiger partial charge in [-0.25, -0.2) is 4.79 Å². The van der Waals surface area contributed by atoms with E-state index in [0.717, 1.165) is 16.8 Å². The number of rotatable bonds is 10. The molecule has 0 saturated heterocycles. The second kappa shape index (κ2) is 14.8. The fraction of sp³-hybridized carbons (Fsp3) is 0.250. The lowest BCUT2D eigenvalue weighted by molar-refractivity contribution is -0.137. The number of hydrogen-bond donors (Lipinski definition) is 4. The van der Waals surface area contributed by atoms with E-state index in [1.54, 1.807) is 48.5 Å². The molecule has 3 amide bonds. The lowest BCUT2D eigenvalue weighted by atomic mass is 10.1. The van der Waals surface area contributed by atoms with Crippen molar-refractivity contribution in [1.82, 2.24) is 0 Å². The minimum atomic E-state index is -0.862. The normalized spacial score (nSPS) is 9.86. The maximum absolute atomic E-state index is 12.4. The molecular weight excluding hydrogens is 458 g/mol. The third-order valence-electron chi connectivity index (χ3n) is 4.89. The first-order valence-electron chi connectivity index (χ1n) is 11.9. The molecule has 190 valence electrons. The highest BCUT2D eigenvalue weighted by Gasteiger charge is 2.08. The Bertz CT molecular complexity index is 1150. The predicted octanol–water partition coefficient (Wildman–Crippen LogP) is 6.09. The van der Waals surface area contributed by atoms with Crippen molar-refractivity contribution in [2.24, 2.45) is 0 Å². The van der Waals surface area contributed by atoms with Gasteiger partial charge in [0, 0.05) is 29.5 Å². The zero-order chi connectivity index (χ0) is 26.3. The maximum Gasteiger partial charge on any atom is 0.323 e. The van der Waals surface area contributed by atoms with E-state index in [0.29, 0.717) is 23.5 Å². The molecule has 3 aromatic carbocycles. The van der Waals surface area contributed by atoms with Crippen LogP contribution in [0.25, 0.3) is 0 Å². The van der Waals surface area contributed by atoms with Gasteiger partial charge in [0.15, 0.2) is 0 Å². The van der Waals surface area contributed by atoms with Crippen LogP contribution in [0.5, 0.6) is 5.75 Å². The van der Waals surface area contributed by atoms with Gasteiger partial charge in [0.1, 0.15) is 5.75 Å². The van der Waals surface area contributed by atoms with E-state index >= 15 is 0 Å². The van der Waals surface area contributed by atoms with E-state index in [2.05, 4.69) is 16.0 Å². The van der Waals surface area contributed by atoms with Gasteiger partial charge in [-0.1, -0.05) is 50.2 Å². The fourth-order valence-electron chi connectivity index (χ4n) is 3.17. The summed E-state index contributed by atoms with van der Waals surface area (Å²) < 4.78 is 5.53. The van der Waals surface area contributed by atoms with E-state index < -0.39 is 5.97 Å². The Labute approximate surface area is 211 Å².